The van der Waals surface area contributed by atoms with Crippen molar-refractivity contribution in [2.75, 3.05) is 5.73 Å². The fraction of sp³-hybridized carbons (Fsp3) is 0.286. The summed E-state index contributed by atoms with van der Waals surface area (Å²) in [5.74, 6) is 0.613. The highest BCUT2D eigenvalue weighted by Crippen LogP contribution is 2.26. The summed E-state index contributed by atoms with van der Waals surface area (Å²) >= 11 is 7.56. The fourth-order valence-electron chi connectivity index (χ4n) is 1.79. The summed E-state index contributed by atoms with van der Waals surface area (Å²) in [4.78, 5) is 18.7. The number of aromatic nitrogens is 2. The molecule has 106 valence electrons. The molecule has 0 aliphatic carbocycles. The Morgan fingerprint density at radius 1 is 1.40 bits per heavy atom. The van der Waals surface area contributed by atoms with E-state index < -0.39 is 0 Å². The molecule has 0 atom stereocenters. The molecule has 2 rings (SSSR count). The number of nitrogen functional groups attached to an aromatic ring is 1. The summed E-state index contributed by atoms with van der Waals surface area (Å²) in [6, 6.07) is 6.92. The molecule has 6 heteroatoms. The zero-order chi connectivity index (χ0) is 14.5. The minimum atomic E-state index is -0.121. The second kappa shape index (κ2) is 6.81. The number of halogens is 1. The highest BCUT2D eigenvalue weighted by atomic mass is 35.5. The molecule has 0 saturated heterocycles. The number of anilines is 1. The Labute approximate surface area is 126 Å². The molecule has 1 aromatic heterocycles. The molecular formula is C14H16ClN3OS. The maximum atomic E-state index is 11.6. The van der Waals surface area contributed by atoms with Gasteiger partial charge in [0.05, 0.1) is 0 Å². The average molecular weight is 310 g/mol. The van der Waals surface area contributed by atoms with Gasteiger partial charge in [0.25, 0.3) is 5.56 Å². The van der Waals surface area contributed by atoms with E-state index in [1.165, 1.54) is 11.8 Å². The first-order valence-electron chi connectivity index (χ1n) is 6.35. The molecule has 3 N–H and O–H groups in total. The number of hydrogen-bond donors (Lipinski definition) is 2. The Balaban J connectivity index is 2.14. The topological polar surface area (TPSA) is 71.8 Å². The van der Waals surface area contributed by atoms with E-state index in [-0.39, 0.29) is 5.56 Å². The van der Waals surface area contributed by atoms with Crippen LogP contribution in [-0.2, 0) is 12.2 Å². The zero-order valence-corrected chi connectivity index (χ0v) is 12.7. The van der Waals surface area contributed by atoms with E-state index in [4.69, 9.17) is 17.3 Å². The van der Waals surface area contributed by atoms with Crippen molar-refractivity contribution in [2.24, 2.45) is 0 Å². The van der Waals surface area contributed by atoms with Crippen molar-refractivity contribution in [3.05, 3.63) is 50.9 Å². The number of nitrogens with zero attached hydrogens (tertiary/aromatic N) is 1. The summed E-state index contributed by atoms with van der Waals surface area (Å²) in [5, 5.41) is 1.28. The number of nitrogens with two attached hydrogens (primary N) is 1. The SMILES string of the molecule is CCCc1cc(=O)[nH]c(SCc2cc(N)ccc2Cl)n1. The van der Waals surface area contributed by atoms with Crippen molar-refractivity contribution in [1.82, 2.24) is 9.97 Å². The van der Waals surface area contributed by atoms with Crippen LogP contribution in [0.5, 0.6) is 0 Å². The van der Waals surface area contributed by atoms with E-state index in [9.17, 15) is 4.79 Å². The van der Waals surface area contributed by atoms with Crippen LogP contribution in [0.1, 0.15) is 24.6 Å². The molecule has 20 heavy (non-hydrogen) atoms. The Bertz CT molecular complexity index is 657. The summed E-state index contributed by atoms with van der Waals surface area (Å²) < 4.78 is 0. The van der Waals surface area contributed by atoms with Gasteiger partial charge in [-0.05, 0) is 30.2 Å². The number of H-pyrrole nitrogens is 1. The molecule has 0 amide bonds. The lowest BCUT2D eigenvalue weighted by Gasteiger charge is -2.06. The van der Waals surface area contributed by atoms with Crippen molar-refractivity contribution < 1.29 is 0 Å². The van der Waals surface area contributed by atoms with Crippen molar-refractivity contribution in [3.63, 3.8) is 0 Å². The predicted molar refractivity (Wildman–Crippen MR) is 84.3 cm³/mol. The Morgan fingerprint density at radius 2 is 2.20 bits per heavy atom. The number of hydrogen-bond acceptors (Lipinski definition) is 4. The third-order valence-corrected chi connectivity index (χ3v) is 4.00. The number of rotatable bonds is 5. The van der Waals surface area contributed by atoms with Gasteiger partial charge in [-0.2, -0.15) is 0 Å². The van der Waals surface area contributed by atoms with E-state index in [2.05, 4.69) is 16.9 Å². The molecule has 1 aromatic carbocycles. The maximum absolute atomic E-state index is 11.6. The van der Waals surface area contributed by atoms with E-state index >= 15 is 0 Å². The van der Waals surface area contributed by atoms with Gasteiger partial charge in [-0.3, -0.25) is 4.79 Å². The summed E-state index contributed by atoms with van der Waals surface area (Å²) in [7, 11) is 0. The first-order chi connectivity index (χ1) is 9.58. The highest BCUT2D eigenvalue weighted by molar-refractivity contribution is 7.98. The van der Waals surface area contributed by atoms with Crippen LogP contribution < -0.4 is 11.3 Å². The average Bonchev–Trinajstić information content (AvgIpc) is 2.40. The molecule has 0 spiro atoms. The van der Waals surface area contributed by atoms with Gasteiger partial charge in [-0.25, -0.2) is 4.98 Å². The lowest BCUT2D eigenvalue weighted by atomic mass is 10.2. The van der Waals surface area contributed by atoms with E-state index in [1.54, 1.807) is 18.2 Å². The van der Waals surface area contributed by atoms with Crippen LogP contribution in [0.25, 0.3) is 0 Å². The number of aromatic amines is 1. The van der Waals surface area contributed by atoms with Gasteiger partial charge >= 0.3 is 0 Å². The molecule has 1 heterocycles. The summed E-state index contributed by atoms with van der Waals surface area (Å²) in [6.45, 7) is 2.06. The highest BCUT2D eigenvalue weighted by Gasteiger charge is 2.05. The van der Waals surface area contributed by atoms with Gasteiger partial charge in [0.1, 0.15) is 0 Å². The molecular weight excluding hydrogens is 294 g/mol. The van der Waals surface area contributed by atoms with Crippen molar-refractivity contribution in [2.45, 2.75) is 30.7 Å². The van der Waals surface area contributed by atoms with Crippen LogP contribution in [0.15, 0.2) is 34.2 Å². The Morgan fingerprint density at radius 3 is 2.95 bits per heavy atom. The maximum Gasteiger partial charge on any atom is 0.251 e. The first kappa shape index (κ1) is 14.9. The molecule has 2 aromatic rings. The molecule has 0 bridgehead atoms. The molecule has 4 nitrogen and oxygen atoms in total. The minimum Gasteiger partial charge on any atom is -0.399 e. The summed E-state index contributed by atoms with van der Waals surface area (Å²) in [6.07, 6.45) is 1.76. The van der Waals surface area contributed by atoms with Gasteiger partial charge in [-0.15, -0.1) is 0 Å². The lowest BCUT2D eigenvalue weighted by Crippen LogP contribution is -2.10. The first-order valence-corrected chi connectivity index (χ1v) is 7.71. The molecule has 0 unspecified atom stereocenters. The van der Waals surface area contributed by atoms with Crippen LogP contribution in [-0.4, -0.2) is 9.97 Å². The van der Waals surface area contributed by atoms with Crippen LogP contribution >= 0.6 is 23.4 Å². The third-order valence-electron chi connectivity index (χ3n) is 2.71. The largest absolute Gasteiger partial charge is 0.399 e. The number of benzene rings is 1. The zero-order valence-electron chi connectivity index (χ0n) is 11.1. The van der Waals surface area contributed by atoms with E-state index in [1.807, 2.05) is 6.07 Å². The second-order valence-electron chi connectivity index (χ2n) is 4.43. The summed E-state index contributed by atoms with van der Waals surface area (Å²) in [5.41, 5.74) is 8.04. The smallest absolute Gasteiger partial charge is 0.251 e. The standard InChI is InChI=1S/C14H16ClN3OS/c1-2-3-11-7-13(19)18-14(17-11)20-8-9-6-10(16)4-5-12(9)15/h4-7H,2-3,8,16H2,1H3,(H,17,18,19). The molecule has 0 saturated carbocycles. The number of nitrogens with one attached hydrogen (secondary N) is 1. The van der Waals surface area contributed by atoms with E-state index in [0.717, 1.165) is 24.1 Å². The van der Waals surface area contributed by atoms with Crippen molar-refractivity contribution in [1.29, 1.82) is 0 Å². The molecule has 0 aliphatic rings. The van der Waals surface area contributed by atoms with Crippen LogP contribution in [0.4, 0.5) is 5.69 Å². The van der Waals surface area contributed by atoms with E-state index in [0.29, 0.717) is 21.6 Å². The van der Waals surface area contributed by atoms with Gasteiger partial charge < -0.3 is 10.7 Å². The van der Waals surface area contributed by atoms with Gasteiger partial charge in [-0.1, -0.05) is 36.7 Å². The van der Waals surface area contributed by atoms with Crippen LogP contribution in [0.3, 0.4) is 0 Å². The van der Waals surface area contributed by atoms with Crippen molar-refractivity contribution in [3.8, 4) is 0 Å². The Kier molecular flexibility index (Phi) is 5.09. The third kappa shape index (κ3) is 4.02. The van der Waals surface area contributed by atoms with Crippen LogP contribution in [0.2, 0.25) is 5.02 Å². The minimum absolute atomic E-state index is 0.121. The lowest BCUT2D eigenvalue weighted by molar-refractivity contribution is 0.816. The fourth-order valence-corrected chi connectivity index (χ4v) is 2.94. The second-order valence-corrected chi connectivity index (χ2v) is 5.80. The van der Waals surface area contributed by atoms with Gasteiger partial charge in [0.2, 0.25) is 0 Å². The normalized spacial score (nSPS) is 10.7. The quantitative estimate of drug-likeness (QED) is 0.505. The molecule has 0 radical (unpaired) electrons. The van der Waals surface area contributed by atoms with Crippen molar-refractivity contribution >= 4 is 29.1 Å². The van der Waals surface area contributed by atoms with Gasteiger partial charge in [0, 0.05) is 28.2 Å². The predicted octanol–water partition coefficient (Wildman–Crippen LogP) is 3.25. The number of aryl methyl sites for hydroxylation is 1. The molecule has 0 fully saturated rings. The number of thioether (sulfide) groups is 1. The Hall–Kier alpha value is -1.46. The molecule has 0 aliphatic heterocycles. The van der Waals surface area contributed by atoms with Crippen LogP contribution in [0, 0.1) is 0 Å². The van der Waals surface area contributed by atoms with Gasteiger partial charge in [0.15, 0.2) is 5.16 Å². The monoisotopic (exact) mass is 309 g/mol.